The van der Waals surface area contributed by atoms with Crippen LogP contribution in [0.4, 0.5) is 18.9 Å². The van der Waals surface area contributed by atoms with Gasteiger partial charge in [-0.1, -0.05) is 42.5 Å². The zero-order valence-electron chi connectivity index (χ0n) is 16.5. The number of benzene rings is 2. The fourth-order valence-electron chi connectivity index (χ4n) is 3.75. The third-order valence-corrected chi connectivity index (χ3v) is 5.21. The van der Waals surface area contributed by atoms with Crippen LogP contribution in [0.5, 0.6) is 5.88 Å². The number of alkyl halides is 3. The summed E-state index contributed by atoms with van der Waals surface area (Å²) in [7, 11) is 0. The highest BCUT2D eigenvalue weighted by molar-refractivity contribution is 6.05. The summed E-state index contributed by atoms with van der Waals surface area (Å²) in [6.07, 6.45) is -3.32. The molecule has 1 aliphatic rings. The van der Waals surface area contributed by atoms with Gasteiger partial charge < -0.3 is 15.4 Å². The molecule has 2 N–H and O–H groups in total. The summed E-state index contributed by atoms with van der Waals surface area (Å²) >= 11 is 0. The smallest absolute Gasteiger partial charge is 0.417 e. The first-order chi connectivity index (χ1) is 14.8. The molecule has 0 saturated carbocycles. The van der Waals surface area contributed by atoms with Gasteiger partial charge >= 0.3 is 6.18 Å². The van der Waals surface area contributed by atoms with E-state index >= 15 is 0 Å². The van der Waals surface area contributed by atoms with Crippen molar-refractivity contribution in [2.24, 2.45) is 5.73 Å². The number of carbonyl (C=O) groups excluding carboxylic acids is 1. The Hall–Kier alpha value is -3.55. The van der Waals surface area contributed by atoms with Gasteiger partial charge in [-0.15, -0.1) is 0 Å². The molecule has 31 heavy (non-hydrogen) atoms. The minimum Gasteiger partial charge on any atom is -0.472 e. The van der Waals surface area contributed by atoms with E-state index in [2.05, 4.69) is 4.98 Å². The minimum atomic E-state index is -4.44. The number of nitrogens with zero attached hydrogens (tertiary/aromatic N) is 2. The van der Waals surface area contributed by atoms with E-state index in [0.717, 1.165) is 23.4 Å². The fraction of sp³-hybridized carbons (Fsp3) is 0.217. The van der Waals surface area contributed by atoms with E-state index in [9.17, 15) is 18.0 Å². The van der Waals surface area contributed by atoms with E-state index in [0.29, 0.717) is 30.8 Å². The number of hydrogen-bond donors (Lipinski definition) is 1. The molecule has 1 aromatic heterocycles. The molecule has 0 unspecified atom stereocenters. The van der Waals surface area contributed by atoms with Crippen molar-refractivity contribution in [1.29, 1.82) is 0 Å². The van der Waals surface area contributed by atoms with Crippen LogP contribution in [0, 0.1) is 0 Å². The maximum absolute atomic E-state index is 12.7. The molecule has 5 nitrogen and oxygen atoms in total. The standard InChI is InChI=1S/C23H20F3N3O2/c24-23(25,26)16-9-10-20(28-13-16)31-17-11-12-29(14-17)19-8-4-7-18(21(19)22(27)30)15-5-2-1-3-6-15/h1-10,13,17H,11-12,14H2,(H2,27,30)/t17-/m0/s1. The summed E-state index contributed by atoms with van der Waals surface area (Å²) in [5.74, 6) is -0.392. The number of nitrogens with two attached hydrogens (primary N) is 1. The van der Waals surface area contributed by atoms with Gasteiger partial charge in [-0.05, 0) is 23.3 Å². The van der Waals surface area contributed by atoms with Gasteiger partial charge in [0.25, 0.3) is 5.91 Å². The maximum atomic E-state index is 12.7. The Morgan fingerprint density at radius 3 is 2.48 bits per heavy atom. The Kier molecular flexibility index (Phi) is 5.54. The van der Waals surface area contributed by atoms with Crippen LogP contribution in [0.25, 0.3) is 11.1 Å². The lowest BCUT2D eigenvalue weighted by atomic mass is 9.97. The molecule has 160 valence electrons. The number of rotatable bonds is 5. The molecule has 0 radical (unpaired) electrons. The number of carbonyl (C=O) groups is 1. The summed E-state index contributed by atoms with van der Waals surface area (Å²) in [6, 6.07) is 17.2. The highest BCUT2D eigenvalue weighted by Gasteiger charge is 2.31. The van der Waals surface area contributed by atoms with Crippen LogP contribution in [0.15, 0.2) is 66.9 Å². The normalized spacial score (nSPS) is 16.4. The fourth-order valence-corrected chi connectivity index (χ4v) is 3.75. The first kappa shape index (κ1) is 20.7. The number of hydrogen-bond acceptors (Lipinski definition) is 4. The molecule has 2 heterocycles. The van der Waals surface area contributed by atoms with E-state index in [1.165, 1.54) is 6.07 Å². The average molecular weight is 427 g/mol. The van der Waals surface area contributed by atoms with Crippen LogP contribution in [0.2, 0.25) is 0 Å². The van der Waals surface area contributed by atoms with Gasteiger partial charge in [0.1, 0.15) is 6.10 Å². The molecule has 1 aliphatic heterocycles. The van der Waals surface area contributed by atoms with Crippen LogP contribution >= 0.6 is 0 Å². The zero-order valence-corrected chi connectivity index (χ0v) is 16.5. The number of pyridine rings is 1. The van der Waals surface area contributed by atoms with Gasteiger partial charge in [-0.3, -0.25) is 4.79 Å². The molecule has 2 aromatic carbocycles. The van der Waals surface area contributed by atoms with E-state index in [1.54, 1.807) is 0 Å². The topological polar surface area (TPSA) is 68.5 Å². The van der Waals surface area contributed by atoms with Crippen molar-refractivity contribution in [1.82, 2.24) is 4.98 Å². The highest BCUT2D eigenvalue weighted by Crippen LogP contribution is 2.34. The van der Waals surface area contributed by atoms with E-state index in [-0.39, 0.29) is 12.0 Å². The molecule has 1 fully saturated rings. The molecule has 4 rings (SSSR count). The molecule has 8 heteroatoms. The van der Waals surface area contributed by atoms with Gasteiger partial charge in [-0.2, -0.15) is 13.2 Å². The van der Waals surface area contributed by atoms with Gasteiger partial charge in [0.15, 0.2) is 0 Å². The van der Waals surface area contributed by atoms with Crippen molar-refractivity contribution in [3.63, 3.8) is 0 Å². The maximum Gasteiger partial charge on any atom is 0.417 e. The number of anilines is 1. The van der Waals surface area contributed by atoms with Crippen molar-refractivity contribution >= 4 is 11.6 Å². The summed E-state index contributed by atoms with van der Waals surface area (Å²) in [5, 5.41) is 0. The van der Waals surface area contributed by atoms with Crippen molar-refractivity contribution in [2.45, 2.75) is 18.7 Å². The molecule has 0 bridgehead atoms. The lowest BCUT2D eigenvalue weighted by Crippen LogP contribution is -2.27. The van der Waals surface area contributed by atoms with E-state index < -0.39 is 17.6 Å². The Balaban J connectivity index is 1.53. The Labute approximate surface area is 177 Å². The van der Waals surface area contributed by atoms with E-state index in [1.807, 2.05) is 53.4 Å². The minimum absolute atomic E-state index is 0.132. The Bertz CT molecular complexity index is 1070. The second-order valence-electron chi connectivity index (χ2n) is 7.29. The lowest BCUT2D eigenvalue weighted by Gasteiger charge is -2.23. The monoisotopic (exact) mass is 427 g/mol. The van der Waals surface area contributed by atoms with Crippen molar-refractivity contribution in [3.8, 4) is 17.0 Å². The van der Waals surface area contributed by atoms with Gasteiger partial charge in [-0.25, -0.2) is 4.98 Å². The molecular weight excluding hydrogens is 407 g/mol. The van der Waals surface area contributed by atoms with Crippen molar-refractivity contribution < 1.29 is 22.7 Å². The molecular formula is C23H20F3N3O2. The first-order valence-electron chi connectivity index (χ1n) is 9.76. The van der Waals surface area contributed by atoms with Crippen LogP contribution in [-0.4, -0.2) is 30.1 Å². The van der Waals surface area contributed by atoms with Gasteiger partial charge in [0.2, 0.25) is 5.88 Å². The lowest BCUT2D eigenvalue weighted by molar-refractivity contribution is -0.137. The summed E-state index contributed by atoms with van der Waals surface area (Å²) in [5.41, 5.74) is 7.69. The van der Waals surface area contributed by atoms with Crippen LogP contribution in [-0.2, 0) is 6.18 Å². The predicted octanol–water partition coefficient (Wildman–Crippen LogP) is 4.52. The molecule has 1 saturated heterocycles. The molecule has 1 atom stereocenters. The van der Waals surface area contributed by atoms with Crippen molar-refractivity contribution in [2.75, 3.05) is 18.0 Å². The number of ether oxygens (including phenoxy) is 1. The Morgan fingerprint density at radius 1 is 1.06 bits per heavy atom. The zero-order chi connectivity index (χ0) is 22.0. The number of aromatic nitrogens is 1. The van der Waals surface area contributed by atoms with Crippen LogP contribution < -0.4 is 15.4 Å². The summed E-state index contributed by atoms with van der Waals surface area (Å²) < 4.78 is 43.9. The highest BCUT2D eigenvalue weighted by atomic mass is 19.4. The van der Waals surface area contributed by atoms with E-state index in [4.69, 9.17) is 10.5 Å². The number of halogens is 3. The molecule has 0 spiro atoms. The average Bonchev–Trinajstić information content (AvgIpc) is 3.22. The van der Waals surface area contributed by atoms with Crippen LogP contribution in [0.3, 0.4) is 0 Å². The predicted molar refractivity (Wildman–Crippen MR) is 111 cm³/mol. The summed E-state index contributed by atoms with van der Waals surface area (Å²) in [6.45, 7) is 1.07. The SMILES string of the molecule is NC(=O)c1c(-c2ccccc2)cccc1N1CC[C@H](Oc2ccc(C(F)(F)F)cn2)C1. The molecule has 1 amide bonds. The van der Waals surface area contributed by atoms with Crippen LogP contribution in [0.1, 0.15) is 22.3 Å². The third kappa shape index (κ3) is 4.47. The first-order valence-corrected chi connectivity index (χ1v) is 9.76. The third-order valence-electron chi connectivity index (χ3n) is 5.21. The number of amides is 1. The van der Waals surface area contributed by atoms with Crippen molar-refractivity contribution in [3.05, 3.63) is 78.0 Å². The second kappa shape index (κ2) is 8.29. The van der Waals surface area contributed by atoms with Gasteiger partial charge in [0, 0.05) is 25.2 Å². The second-order valence-corrected chi connectivity index (χ2v) is 7.29. The van der Waals surface area contributed by atoms with Gasteiger partial charge in [0.05, 0.1) is 23.4 Å². The molecule has 0 aliphatic carbocycles. The summed E-state index contributed by atoms with van der Waals surface area (Å²) in [4.78, 5) is 18.1. The Morgan fingerprint density at radius 2 is 1.84 bits per heavy atom. The largest absolute Gasteiger partial charge is 0.472 e. The molecule has 3 aromatic rings. The quantitative estimate of drug-likeness (QED) is 0.650. The number of primary amides is 1.